The number of halogens is 1. The third kappa shape index (κ3) is 7.53. The average Bonchev–Trinajstić information content (AvgIpc) is 2.53. The first-order chi connectivity index (χ1) is 11.2. The highest BCUT2D eigenvalue weighted by Crippen LogP contribution is 2.06. The van der Waals surface area contributed by atoms with Crippen molar-refractivity contribution in [1.29, 1.82) is 0 Å². The molecule has 0 saturated heterocycles. The summed E-state index contributed by atoms with van der Waals surface area (Å²) >= 11 is 0. The molecule has 0 aromatic heterocycles. The van der Waals surface area contributed by atoms with Gasteiger partial charge in [-0.2, -0.15) is 0 Å². The highest BCUT2D eigenvalue weighted by atomic mass is 35.5. The summed E-state index contributed by atoms with van der Waals surface area (Å²) in [6.07, 6.45) is 0.246. The predicted molar refractivity (Wildman–Crippen MR) is 97.4 cm³/mol. The van der Waals surface area contributed by atoms with Crippen LogP contribution in [0.15, 0.2) is 30.3 Å². The van der Waals surface area contributed by atoms with Crippen molar-refractivity contribution in [2.45, 2.75) is 45.3 Å². The Kier molecular flexibility index (Phi) is 9.78. The molecule has 25 heavy (non-hydrogen) atoms. The Hall–Kier alpha value is -2.12. The topological polar surface area (TPSA) is 122 Å². The van der Waals surface area contributed by atoms with Crippen molar-refractivity contribution in [1.82, 2.24) is 10.6 Å². The van der Waals surface area contributed by atoms with Gasteiger partial charge in [0.25, 0.3) is 0 Å². The SMILES string of the molecule is CC(C)[C@H](N)C(=O)N[C@@H](Cc1ccccc1)C(=O)N[C@@H](C)C(=O)O.Cl. The van der Waals surface area contributed by atoms with Crippen LogP contribution in [-0.4, -0.2) is 41.0 Å². The summed E-state index contributed by atoms with van der Waals surface area (Å²) in [4.78, 5) is 35.5. The quantitative estimate of drug-likeness (QED) is 0.536. The lowest BCUT2D eigenvalue weighted by Gasteiger charge is -2.23. The van der Waals surface area contributed by atoms with E-state index < -0.39 is 35.9 Å². The van der Waals surface area contributed by atoms with Crippen LogP contribution in [0.3, 0.4) is 0 Å². The Balaban J connectivity index is 0.00000576. The minimum Gasteiger partial charge on any atom is -0.480 e. The van der Waals surface area contributed by atoms with Crippen LogP contribution in [0.2, 0.25) is 0 Å². The molecule has 0 heterocycles. The number of rotatable bonds is 8. The Morgan fingerprint density at radius 3 is 2.08 bits per heavy atom. The van der Waals surface area contributed by atoms with E-state index in [0.29, 0.717) is 0 Å². The van der Waals surface area contributed by atoms with Gasteiger partial charge in [0.1, 0.15) is 12.1 Å². The normalized spacial score (nSPS) is 14.0. The minimum absolute atomic E-state index is 0. The van der Waals surface area contributed by atoms with Gasteiger partial charge in [-0.05, 0) is 18.4 Å². The Morgan fingerprint density at radius 1 is 1.04 bits per heavy atom. The number of hydrogen-bond donors (Lipinski definition) is 4. The van der Waals surface area contributed by atoms with E-state index in [4.69, 9.17) is 10.8 Å². The van der Waals surface area contributed by atoms with E-state index in [9.17, 15) is 14.4 Å². The van der Waals surface area contributed by atoms with Gasteiger partial charge in [-0.3, -0.25) is 14.4 Å². The van der Waals surface area contributed by atoms with Gasteiger partial charge in [0, 0.05) is 6.42 Å². The third-order valence-corrected chi connectivity index (χ3v) is 3.67. The zero-order chi connectivity index (χ0) is 18.3. The molecular formula is C17H26ClN3O4. The number of hydrogen-bond acceptors (Lipinski definition) is 4. The number of nitrogens with one attached hydrogen (secondary N) is 2. The molecule has 0 saturated carbocycles. The number of aliphatic carboxylic acids is 1. The lowest BCUT2D eigenvalue weighted by Crippen LogP contribution is -2.55. The molecule has 0 aliphatic carbocycles. The van der Waals surface area contributed by atoms with Crippen molar-refractivity contribution in [2.75, 3.05) is 0 Å². The molecule has 0 radical (unpaired) electrons. The van der Waals surface area contributed by atoms with Crippen LogP contribution in [-0.2, 0) is 20.8 Å². The van der Waals surface area contributed by atoms with Crippen molar-refractivity contribution >= 4 is 30.2 Å². The maximum Gasteiger partial charge on any atom is 0.325 e. The van der Waals surface area contributed by atoms with Gasteiger partial charge in [0.2, 0.25) is 11.8 Å². The number of nitrogens with two attached hydrogens (primary N) is 1. The van der Waals surface area contributed by atoms with E-state index in [0.717, 1.165) is 5.56 Å². The van der Waals surface area contributed by atoms with Crippen molar-refractivity contribution in [3.63, 3.8) is 0 Å². The second-order valence-electron chi connectivity index (χ2n) is 6.09. The predicted octanol–water partition coefficient (Wildman–Crippen LogP) is 0.708. The Bertz CT molecular complexity index is 581. The lowest BCUT2D eigenvalue weighted by molar-refractivity contribution is -0.141. The number of benzene rings is 1. The summed E-state index contributed by atoms with van der Waals surface area (Å²) in [5.74, 6) is -2.22. The van der Waals surface area contributed by atoms with E-state index in [1.807, 2.05) is 44.2 Å². The Labute approximate surface area is 153 Å². The molecule has 1 aromatic rings. The highest BCUT2D eigenvalue weighted by Gasteiger charge is 2.27. The van der Waals surface area contributed by atoms with E-state index in [1.165, 1.54) is 6.92 Å². The second kappa shape index (κ2) is 10.7. The maximum absolute atomic E-state index is 12.4. The molecule has 0 fully saturated rings. The highest BCUT2D eigenvalue weighted by molar-refractivity contribution is 5.91. The molecular weight excluding hydrogens is 346 g/mol. The maximum atomic E-state index is 12.4. The van der Waals surface area contributed by atoms with Crippen LogP contribution >= 0.6 is 12.4 Å². The average molecular weight is 372 g/mol. The fraction of sp³-hybridized carbons (Fsp3) is 0.471. The molecule has 0 aliphatic heterocycles. The molecule has 140 valence electrons. The van der Waals surface area contributed by atoms with Crippen LogP contribution in [0.1, 0.15) is 26.3 Å². The molecule has 0 bridgehead atoms. The summed E-state index contributed by atoms with van der Waals surface area (Å²) < 4.78 is 0. The van der Waals surface area contributed by atoms with Crippen LogP contribution in [0, 0.1) is 5.92 Å². The molecule has 0 unspecified atom stereocenters. The van der Waals surface area contributed by atoms with E-state index >= 15 is 0 Å². The molecule has 8 heteroatoms. The van der Waals surface area contributed by atoms with Gasteiger partial charge >= 0.3 is 5.97 Å². The van der Waals surface area contributed by atoms with E-state index in [1.54, 1.807) is 0 Å². The van der Waals surface area contributed by atoms with E-state index in [-0.39, 0.29) is 24.7 Å². The van der Waals surface area contributed by atoms with Crippen molar-refractivity contribution in [3.05, 3.63) is 35.9 Å². The number of amides is 2. The van der Waals surface area contributed by atoms with Crippen LogP contribution < -0.4 is 16.4 Å². The fourth-order valence-electron chi connectivity index (χ4n) is 2.01. The van der Waals surface area contributed by atoms with Gasteiger partial charge in [-0.25, -0.2) is 0 Å². The van der Waals surface area contributed by atoms with E-state index in [2.05, 4.69) is 10.6 Å². The van der Waals surface area contributed by atoms with Crippen molar-refractivity contribution in [2.24, 2.45) is 11.7 Å². The first-order valence-corrected chi connectivity index (χ1v) is 7.85. The molecule has 5 N–H and O–H groups in total. The molecule has 0 spiro atoms. The largest absolute Gasteiger partial charge is 0.480 e. The molecule has 7 nitrogen and oxygen atoms in total. The first-order valence-electron chi connectivity index (χ1n) is 7.85. The van der Waals surface area contributed by atoms with Gasteiger partial charge in [0.15, 0.2) is 0 Å². The molecule has 1 aromatic carbocycles. The van der Waals surface area contributed by atoms with Gasteiger partial charge in [-0.15, -0.1) is 12.4 Å². The van der Waals surface area contributed by atoms with Crippen molar-refractivity contribution < 1.29 is 19.5 Å². The monoisotopic (exact) mass is 371 g/mol. The first kappa shape index (κ1) is 22.9. The van der Waals surface area contributed by atoms with Gasteiger partial charge in [-0.1, -0.05) is 44.2 Å². The van der Waals surface area contributed by atoms with Crippen LogP contribution in [0.4, 0.5) is 0 Å². The smallest absolute Gasteiger partial charge is 0.325 e. The van der Waals surface area contributed by atoms with Crippen molar-refractivity contribution in [3.8, 4) is 0 Å². The van der Waals surface area contributed by atoms with Gasteiger partial charge < -0.3 is 21.5 Å². The van der Waals surface area contributed by atoms with Gasteiger partial charge in [0.05, 0.1) is 6.04 Å². The molecule has 1 rings (SSSR count). The third-order valence-electron chi connectivity index (χ3n) is 3.67. The Morgan fingerprint density at radius 2 is 1.60 bits per heavy atom. The summed E-state index contributed by atoms with van der Waals surface area (Å²) in [5, 5.41) is 13.9. The molecule has 3 atom stereocenters. The minimum atomic E-state index is -1.15. The lowest BCUT2D eigenvalue weighted by atomic mass is 10.0. The second-order valence-corrected chi connectivity index (χ2v) is 6.09. The molecule has 0 aliphatic rings. The zero-order valence-corrected chi connectivity index (χ0v) is 15.4. The number of carboxylic acid groups (broad SMARTS) is 1. The van der Waals surface area contributed by atoms with Crippen LogP contribution in [0.25, 0.3) is 0 Å². The van der Waals surface area contributed by atoms with Crippen LogP contribution in [0.5, 0.6) is 0 Å². The summed E-state index contributed by atoms with van der Waals surface area (Å²) in [6, 6.07) is 6.46. The summed E-state index contributed by atoms with van der Waals surface area (Å²) in [5.41, 5.74) is 6.66. The summed E-state index contributed by atoms with van der Waals surface area (Å²) in [7, 11) is 0. The molecule has 2 amide bonds. The fourth-order valence-corrected chi connectivity index (χ4v) is 2.01. The number of carbonyl (C=O) groups excluding carboxylic acids is 2. The number of carboxylic acids is 1. The number of carbonyl (C=O) groups is 3. The zero-order valence-electron chi connectivity index (χ0n) is 14.6. The standard InChI is InChI=1S/C17H25N3O4.ClH/c1-10(2)14(18)16(22)20-13(9-12-7-5-4-6-8-12)15(21)19-11(3)17(23)24;/h4-8,10-11,13-14H,9,18H2,1-3H3,(H,19,21)(H,20,22)(H,23,24);1H/t11-,13-,14-;/m0./s1. The summed E-state index contributed by atoms with van der Waals surface area (Å²) in [6.45, 7) is 4.98.